The lowest BCUT2D eigenvalue weighted by molar-refractivity contribution is -0.144. The number of carbonyl (C=O) groups excluding carboxylic acids is 1. The van der Waals surface area contributed by atoms with Crippen LogP contribution in [0.2, 0.25) is 0 Å². The molecule has 1 N–H and O–H groups in total. The molecule has 1 unspecified atom stereocenters. The number of carbonyl (C=O) groups is 1. The molecule has 0 aromatic heterocycles. The SMILES string of the molecule is CCOC(=O)CN(C)CC(O)COCCOC. The van der Waals surface area contributed by atoms with Gasteiger partial charge in [0.1, 0.15) is 0 Å². The number of hydrogen-bond acceptors (Lipinski definition) is 6. The summed E-state index contributed by atoms with van der Waals surface area (Å²) in [5.41, 5.74) is 0. The second-order valence-corrected chi connectivity index (χ2v) is 3.72. The molecule has 0 bridgehead atoms. The third-order valence-corrected chi connectivity index (χ3v) is 1.97. The van der Waals surface area contributed by atoms with E-state index in [0.717, 1.165) is 0 Å². The quantitative estimate of drug-likeness (QED) is 0.416. The van der Waals surface area contributed by atoms with Crippen LogP contribution in [-0.4, -0.2) is 75.8 Å². The van der Waals surface area contributed by atoms with Crippen molar-refractivity contribution in [3.8, 4) is 0 Å². The first-order valence-corrected chi connectivity index (χ1v) is 5.69. The van der Waals surface area contributed by atoms with Crippen LogP contribution in [0.3, 0.4) is 0 Å². The van der Waals surface area contributed by atoms with Crippen LogP contribution >= 0.6 is 0 Å². The first-order valence-electron chi connectivity index (χ1n) is 5.69. The summed E-state index contributed by atoms with van der Waals surface area (Å²) >= 11 is 0. The van der Waals surface area contributed by atoms with Crippen LogP contribution in [0, 0.1) is 0 Å². The first kappa shape index (κ1) is 16.3. The Morgan fingerprint density at radius 1 is 1.41 bits per heavy atom. The van der Waals surface area contributed by atoms with Gasteiger partial charge in [-0.15, -0.1) is 0 Å². The number of rotatable bonds is 10. The third kappa shape index (κ3) is 10.2. The predicted molar refractivity (Wildman–Crippen MR) is 62.8 cm³/mol. The molecule has 0 spiro atoms. The summed E-state index contributed by atoms with van der Waals surface area (Å²) in [7, 11) is 3.34. The minimum Gasteiger partial charge on any atom is -0.465 e. The Morgan fingerprint density at radius 3 is 2.71 bits per heavy atom. The van der Waals surface area contributed by atoms with Gasteiger partial charge in [-0.3, -0.25) is 9.69 Å². The molecule has 0 heterocycles. The lowest BCUT2D eigenvalue weighted by Gasteiger charge is -2.19. The maximum absolute atomic E-state index is 11.1. The number of esters is 1. The predicted octanol–water partition coefficient (Wildman–Crippen LogP) is -0.495. The number of methoxy groups -OCH3 is 1. The topological polar surface area (TPSA) is 68.2 Å². The number of likely N-dealkylation sites (N-methyl/N-ethyl adjacent to an activating group) is 1. The maximum atomic E-state index is 11.1. The van der Waals surface area contributed by atoms with Gasteiger partial charge in [-0.2, -0.15) is 0 Å². The Balaban J connectivity index is 3.57. The van der Waals surface area contributed by atoms with E-state index >= 15 is 0 Å². The Labute approximate surface area is 102 Å². The zero-order valence-corrected chi connectivity index (χ0v) is 10.8. The van der Waals surface area contributed by atoms with Gasteiger partial charge >= 0.3 is 5.97 Å². The summed E-state index contributed by atoms with van der Waals surface area (Å²) in [4.78, 5) is 12.8. The van der Waals surface area contributed by atoms with Gasteiger partial charge in [0, 0.05) is 13.7 Å². The molecule has 0 fully saturated rings. The number of aliphatic hydroxyl groups is 1. The van der Waals surface area contributed by atoms with Gasteiger partial charge in [-0.25, -0.2) is 0 Å². The molecule has 102 valence electrons. The average Bonchev–Trinajstić information content (AvgIpc) is 2.24. The molecule has 1 atom stereocenters. The average molecular weight is 249 g/mol. The lowest BCUT2D eigenvalue weighted by Crippen LogP contribution is -2.36. The molecule has 0 aliphatic rings. The highest BCUT2D eigenvalue weighted by Gasteiger charge is 2.12. The summed E-state index contributed by atoms with van der Waals surface area (Å²) in [6, 6.07) is 0. The van der Waals surface area contributed by atoms with E-state index in [2.05, 4.69) is 0 Å². The third-order valence-electron chi connectivity index (χ3n) is 1.97. The van der Waals surface area contributed by atoms with E-state index < -0.39 is 6.10 Å². The molecule has 0 rings (SSSR count). The highest BCUT2D eigenvalue weighted by Crippen LogP contribution is 1.92. The summed E-state index contributed by atoms with van der Waals surface area (Å²) in [5, 5.41) is 9.60. The van der Waals surface area contributed by atoms with Gasteiger partial charge in [0.05, 0.1) is 39.1 Å². The van der Waals surface area contributed by atoms with E-state index in [4.69, 9.17) is 14.2 Å². The van der Waals surface area contributed by atoms with Crippen molar-refractivity contribution in [2.75, 3.05) is 53.7 Å². The number of aliphatic hydroxyl groups excluding tert-OH is 1. The molecule has 0 saturated carbocycles. The van der Waals surface area contributed by atoms with E-state index in [-0.39, 0.29) is 19.1 Å². The van der Waals surface area contributed by atoms with E-state index in [9.17, 15) is 9.90 Å². The van der Waals surface area contributed by atoms with Gasteiger partial charge in [0.15, 0.2) is 0 Å². The standard InChI is InChI=1S/C11H23NO5/c1-4-17-11(14)8-12(2)7-10(13)9-16-6-5-15-3/h10,13H,4-9H2,1-3H3. The minimum absolute atomic E-state index is 0.170. The van der Waals surface area contributed by atoms with Crippen molar-refractivity contribution >= 4 is 5.97 Å². The molecule has 0 radical (unpaired) electrons. The fourth-order valence-corrected chi connectivity index (χ4v) is 1.27. The minimum atomic E-state index is -0.619. The van der Waals surface area contributed by atoms with Crippen molar-refractivity contribution in [1.82, 2.24) is 4.90 Å². The fourth-order valence-electron chi connectivity index (χ4n) is 1.27. The van der Waals surface area contributed by atoms with Crippen LogP contribution < -0.4 is 0 Å². The molecule has 0 amide bonds. The zero-order chi connectivity index (χ0) is 13.1. The van der Waals surface area contributed by atoms with Crippen molar-refractivity contribution in [2.24, 2.45) is 0 Å². The molecule has 0 aliphatic carbocycles. The summed E-state index contributed by atoms with van der Waals surface area (Å²) < 4.78 is 14.8. The van der Waals surface area contributed by atoms with Crippen LogP contribution in [-0.2, 0) is 19.0 Å². The van der Waals surface area contributed by atoms with Crippen molar-refractivity contribution in [1.29, 1.82) is 0 Å². The fraction of sp³-hybridized carbons (Fsp3) is 0.909. The normalized spacial score (nSPS) is 12.8. The van der Waals surface area contributed by atoms with Crippen molar-refractivity contribution < 1.29 is 24.1 Å². The van der Waals surface area contributed by atoms with E-state index in [1.807, 2.05) is 0 Å². The van der Waals surface area contributed by atoms with E-state index in [1.54, 1.807) is 26.0 Å². The summed E-state index contributed by atoms with van der Waals surface area (Å²) in [6.07, 6.45) is -0.619. The number of hydrogen-bond donors (Lipinski definition) is 1. The van der Waals surface area contributed by atoms with Gasteiger partial charge in [-0.1, -0.05) is 0 Å². The van der Waals surface area contributed by atoms with Crippen LogP contribution in [0.15, 0.2) is 0 Å². The molecular formula is C11H23NO5. The highest BCUT2D eigenvalue weighted by atomic mass is 16.5. The highest BCUT2D eigenvalue weighted by molar-refractivity contribution is 5.71. The zero-order valence-electron chi connectivity index (χ0n) is 10.8. The molecule has 0 aromatic rings. The molecule has 17 heavy (non-hydrogen) atoms. The Hall–Kier alpha value is -0.690. The van der Waals surface area contributed by atoms with Gasteiger partial charge in [0.25, 0.3) is 0 Å². The Morgan fingerprint density at radius 2 is 2.12 bits per heavy atom. The maximum Gasteiger partial charge on any atom is 0.320 e. The molecule has 0 aromatic carbocycles. The van der Waals surface area contributed by atoms with Crippen molar-refractivity contribution in [3.63, 3.8) is 0 Å². The van der Waals surface area contributed by atoms with Crippen molar-refractivity contribution in [2.45, 2.75) is 13.0 Å². The summed E-state index contributed by atoms with van der Waals surface area (Å²) in [5.74, 6) is -0.289. The number of nitrogens with zero attached hydrogens (tertiary/aromatic N) is 1. The second-order valence-electron chi connectivity index (χ2n) is 3.72. The van der Waals surface area contributed by atoms with E-state index in [0.29, 0.717) is 26.4 Å². The molecule has 6 heteroatoms. The summed E-state index contributed by atoms with van der Waals surface area (Å²) in [6.45, 7) is 3.86. The smallest absolute Gasteiger partial charge is 0.320 e. The van der Waals surface area contributed by atoms with Gasteiger partial charge in [-0.05, 0) is 14.0 Å². The van der Waals surface area contributed by atoms with Crippen LogP contribution in [0.4, 0.5) is 0 Å². The molecule has 0 saturated heterocycles. The van der Waals surface area contributed by atoms with Crippen LogP contribution in [0.25, 0.3) is 0 Å². The van der Waals surface area contributed by atoms with Gasteiger partial charge < -0.3 is 19.3 Å². The largest absolute Gasteiger partial charge is 0.465 e. The Bertz CT molecular complexity index is 200. The van der Waals surface area contributed by atoms with Gasteiger partial charge in [0.2, 0.25) is 0 Å². The van der Waals surface area contributed by atoms with Crippen LogP contribution in [0.1, 0.15) is 6.92 Å². The molecule has 0 aliphatic heterocycles. The van der Waals surface area contributed by atoms with Crippen LogP contribution in [0.5, 0.6) is 0 Å². The second kappa shape index (κ2) is 10.5. The number of ether oxygens (including phenoxy) is 3. The first-order chi connectivity index (χ1) is 8.10. The van der Waals surface area contributed by atoms with Crippen molar-refractivity contribution in [3.05, 3.63) is 0 Å². The molecular weight excluding hydrogens is 226 g/mol. The lowest BCUT2D eigenvalue weighted by atomic mass is 10.3. The Kier molecular flexibility index (Phi) is 10.0. The monoisotopic (exact) mass is 249 g/mol. The molecule has 6 nitrogen and oxygen atoms in total. The van der Waals surface area contributed by atoms with E-state index in [1.165, 1.54) is 0 Å².